The molecule has 0 aliphatic rings. The lowest BCUT2D eigenvalue weighted by Crippen LogP contribution is -2.14. The van der Waals surface area contributed by atoms with Gasteiger partial charge in [-0.1, -0.05) is 0 Å². The first kappa shape index (κ1) is 11.8. The fraction of sp³-hybridized carbons (Fsp3) is 0.200. The van der Waals surface area contributed by atoms with E-state index in [9.17, 15) is 9.59 Å². The third-order valence-corrected chi connectivity index (χ3v) is 1.89. The van der Waals surface area contributed by atoms with E-state index in [1.165, 1.54) is 25.3 Å². The Morgan fingerprint density at radius 3 is 2.56 bits per heavy atom. The van der Waals surface area contributed by atoms with Crippen molar-refractivity contribution in [2.45, 2.75) is 0 Å². The molecular weight excluding hydrogens is 214 g/mol. The number of hydrogen-bond acceptors (Lipinski definition) is 4. The van der Waals surface area contributed by atoms with Crippen molar-refractivity contribution in [3.05, 3.63) is 23.8 Å². The molecule has 0 atom stereocenters. The molecule has 1 rings (SSSR count). The van der Waals surface area contributed by atoms with E-state index in [0.29, 0.717) is 5.75 Å². The fourth-order valence-electron chi connectivity index (χ4n) is 1.15. The number of nitrogens with one attached hydrogen (secondary N) is 1. The number of rotatable bonds is 5. The standard InChI is InChI=1S/C10H11NO5/c1-16-6-2-3-7(10(14)15)8(4-6)11-5-9(12)13/h2-4,11H,5H2,1H3,(H,12,13)(H,14,15). The number of ether oxygens (including phenoxy) is 1. The van der Waals surface area contributed by atoms with Gasteiger partial charge in [0.25, 0.3) is 0 Å². The molecule has 0 radical (unpaired) electrons. The Hall–Kier alpha value is -2.24. The summed E-state index contributed by atoms with van der Waals surface area (Å²) in [6, 6.07) is 4.28. The van der Waals surface area contributed by atoms with Crippen molar-refractivity contribution in [3.8, 4) is 5.75 Å². The number of aromatic carboxylic acids is 1. The Kier molecular flexibility index (Phi) is 3.71. The molecule has 0 bridgehead atoms. The van der Waals surface area contributed by atoms with Gasteiger partial charge in [0.15, 0.2) is 0 Å². The molecular formula is C10H11NO5. The smallest absolute Gasteiger partial charge is 0.337 e. The SMILES string of the molecule is COc1ccc(C(=O)O)c(NCC(=O)O)c1. The van der Waals surface area contributed by atoms with Crippen molar-refractivity contribution in [1.82, 2.24) is 0 Å². The zero-order valence-corrected chi connectivity index (χ0v) is 8.56. The molecule has 1 aromatic carbocycles. The lowest BCUT2D eigenvalue weighted by molar-refractivity contribution is -0.134. The Morgan fingerprint density at radius 2 is 2.06 bits per heavy atom. The molecule has 0 amide bonds. The van der Waals surface area contributed by atoms with E-state index in [4.69, 9.17) is 14.9 Å². The highest BCUT2D eigenvalue weighted by Gasteiger charge is 2.11. The van der Waals surface area contributed by atoms with Gasteiger partial charge in [0.1, 0.15) is 12.3 Å². The third kappa shape index (κ3) is 2.88. The maximum atomic E-state index is 10.8. The van der Waals surface area contributed by atoms with Gasteiger partial charge < -0.3 is 20.3 Å². The van der Waals surface area contributed by atoms with Crippen LogP contribution in [0.4, 0.5) is 5.69 Å². The Labute approximate surface area is 91.5 Å². The van der Waals surface area contributed by atoms with Crippen molar-refractivity contribution >= 4 is 17.6 Å². The molecule has 0 fully saturated rings. The van der Waals surface area contributed by atoms with Crippen LogP contribution in [-0.2, 0) is 4.79 Å². The number of aliphatic carboxylic acids is 1. The van der Waals surface area contributed by atoms with Crippen molar-refractivity contribution in [3.63, 3.8) is 0 Å². The van der Waals surface area contributed by atoms with Gasteiger partial charge in [-0.3, -0.25) is 4.79 Å². The van der Waals surface area contributed by atoms with Gasteiger partial charge in [0.2, 0.25) is 0 Å². The first-order valence-corrected chi connectivity index (χ1v) is 4.41. The summed E-state index contributed by atoms with van der Waals surface area (Å²) in [7, 11) is 1.44. The highest BCUT2D eigenvalue weighted by molar-refractivity contribution is 5.95. The summed E-state index contributed by atoms with van der Waals surface area (Å²) in [6.45, 7) is -0.354. The van der Waals surface area contributed by atoms with E-state index in [1.807, 2.05) is 0 Å². The van der Waals surface area contributed by atoms with E-state index in [-0.39, 0.29) is 17.8 Å². The van der Waals surface area contributed by atoms with Gasteiger partial charge in [0.05, 0.1) is 18.4 Å². The van der Waals surface area contributed by atoms with E-state index >= 15 is 0 Å². The molecule has 16 heavy (non-hydrogen) atoms. The van der Waals surface area contributed by atoms with Crippen LogP contribution in [-0.4, -0.2) is 35.8 Å². The maximum Gasteiger partial charge on any atom is 0.337 e. The van der Waals surface area contributed by atoms with Crippen LogP contribution in [0.15, 0.2) is 18.2 Å². The van der Waals surface area contributed by atoms with E-state index in [2.05, 4.69) is 5.32 Å². The zero-order chi connectivity index (χ0) is 12.1. The van der Waals surface area contributed by atoms with E-state index < -0.39 is 11.9 Å². The van der Waals surface area contributed by atoms with Crippen LogP contribution in [0.25, 0.3) is 0 Å². The predicted molar refractivity (Wildman–Crippen MR) is 56.1 cm³/mol. The lowest BCUT2D eigenvalue weighted by atomic mass is 10.1. The Balaban J connectivity index is 3.00. The molecule has 0 aliphatic carbocycles. The topological polar surface area (TPSA) is 95.9 Å². The molecule has 1 aromatic rings. The number of anilines is 1. The number of carboxylic acid groups (broad SMARTS) is 2. The predicted octanol–water partition coefficient (Wildman–Crippen LogP) is 0.890. The van der Waals surface area contributed by atoms with Crippen LogP contribution in [0.5, 0.6) is 5.75 Å². The summed E-state index contributed by atoms with van der Waals surface area (Å²) in [5, 5.41) is 19.9. The summed E-state index contributed by atoms with van der Waals surface area (Å²) in [4.78, 5) is 21.2. The highest BCUT2D eigenvalue weighted by Crippen LogP contribution is 2.22. The largest absolute Gasteiger partial charge is 0.497 e. The summed E-state index contributed by atoms with van der Waals surface area (Å²) in [6.07, 6.45) is 0. The summed E-state index contributed by atoms with van der Waals surface area (Å²) in [5.74, 6) is -1.74. The van der Waals surface area contributed by atoms with Gasteiger partial charge in [-0.05, 0) is 12.1 Å². The Morgan fingerprint density at radius 1 is 1.38 bits per heavy atom. The second-order valence-corrected chi connectivity index (χ2v) is 2.96. The number of hydrogen-bond donors (Lipinski definition) is 3. The molecule has 0 spiro atoms. The van der Waals surface area contributed by atoms with Crippen molar-refractivity contribution in [2.24, 2.45) is 0 Å². The first-order chi connectivity index (χ1) is 7.54. The van der Waals surface area contributed by atoms with Crippen molar-refractivity contribution < 1.29 is 24.5 Å². The fourth-order valence-corrected chi connectivity index (χ4v) is 1.15. The van der Waals surface area contributed by atoms with Crippen LogP contribution in [0, 0.1) is 0 Å². The monoisotopic (exact) mass is 225 g/mol. The molecule has 0 aromatic heterocycles. The maximum absolute atomic E-state index is 10.8. The van der Waals surface area contributed by atoms with Gasteiger partial charge in [-0.25, -0.2) is 4.79 Å². The van der Waals surface area contributed by atoms with E-state index in [1.54, 1.807) is 0 Å². The van der Waals surface area contributed by atoms with Crippen LogP contribution in [0.2, 0.25) is 0 Å². The number of benzene rings is 1. The molecule has 3 N–H and O–H groups in total. The summed E-state index contributed by atoms with van der Waals surface area (Å²) < 4.78 is 4.92. The number of carbonyl (C=O) groups is 2. The quantitative estimate of drug-likeness (QED) is 0.688. The molecule has 0 aliphatic heterocycles. The van der Waals surface area contributed by atoms with Crippen LogP contribution < -0.4 is 10.1 Å². The van der Waals surface area contributed by atoms with Crippen molar-refractivity contribution in [2.75, 3.05) is 19.0 Å². The minimum atomic E-state index is -1.13. The van der Waals surface area contributed by atoms with Crippen LogP contribution in [0.1, 0.15) is 10.4 Å². The third-order valence-electron chi connectivity index (χ3n) is 1.89. The van der Waals surface area contributed by atoms with Crippen molar-refractivity contribution in [1.29, 1.82) is 0 Å². The highest BCUT2D eigenvalue weighted by atomic mass is 16.5. The minimum absolute atomic E-state index is 0.00190. The molecule has 6 nitrogen and oxygen atoms in total. The van der Waals surface area contributed by atoms with Crippen LogP contribution in [0.3, 0.4) is 0 Å². The van der Waals surface area contributed by atoms with Gasteiger partial charge in [0, 0.05) is 6.07 Å². The molecule has 0 unspecified atom stereocenters. The average molecular weight is 225 g/mol. The Bertz CT molecular complexity index is 416. The molecule has 6 heteroatoms. The molecule has 0 heterocycles. The van der Waals surface area contributed by atoms with Crippen LogP contribution >= 0.6 is 0 Å². The second-order valence-electron chi connectivity index (χ2n) is 2.96. The average Bonchev–Trinajstić information content (AvgIpc) is 2.25. The van der Waals surface area contributed by atoms with Gasteiger partial charge >= 0.3 is 11.9 Å². The van der Waals surface area contributed by atoms with Gasteiger partial charge in [-0.2, -0.15) is 0 Å². The van der Waals surface area contributed by atoms with E-state index in [0.717, 1.165) is 0 Å². The second kappa shape index (κ2) is 5.01. The molecule has 0 saturated carbocycles. The normalized spacial score (nSPS) is 9.56. The summed E-state index contributed by atoms with van der Waals surface area (Å²) in [5.41, 5.74) is 0.219. The van der Waals surface area contributed by atoms with Gasteiger partial charge in [-0.15, -0.1) is 0 Å². The molecule has 0 saturated heterocycles. The minimum Gasteiger partial charge on any atom is -0.497 e. The number of methoxy groups -OCH3 is 1. The lowest BCUT2D eigenvalue weighted by Gasteiger charge is -2.09. The number of carboxylic acids is 2. The zero-order valence-electron chi connectivity index (χ0n) is 8.56. The first-order valence-electron chi connectivity index (χ1n) is 4.41. The summed E-state index contributed by atoms with van der Waals surface area (Å²) >= 11 is 0. The molecule has 86 valence electrons.